The van der Waals surface area contributed by atoms with E-state index in [1.165, 1.54) is 6.08 Å². The first kappa shape index (κ1) is 23.8. The Morgan fingerprint density at radius 1 is 1.21 bits per heavy atom. The van der Waals surface area contributed by atoms with E-state index in [0.717, 1.165) is 34.5 Å². The van der Waals surface area contributed by atoms with Gasteiger partial charge in [-0.25, -0.2) is 18.1 Å². The smallest absolute Gasteiger partial charge is 0.265 e. The summed E-state index contributed by atoms with van der Waals surface area (Å²) in [4.78, 5) is 17.2. The molecule has 0 spiro atoms. The highest BCUT2D eigenvalue weighted by molar-refractivity contribution is 7.92. The number of fused-ring (bicyclic) bond motifs is 1. The third-order valence-electron chi connectivity index (χ3n) is 5.35. The number of halogens is 1. The Morgan fingerprint density at radius 3 is 2.74 bits per heavy atom. The minimum atomic E-state index is -3.86. The molecule has 9 heteroatoms. The van der Waals surface area contributed by atoms with Crippen molar-refractivity contribution in [1.29, 1.82) is 0 Å². The number of amides is 1. The zero-order valence-electron chi connectivity index (χ0n) is 18.8. The van der Waals surface area contributed by atoms with Gasteiger partial charge in [-0.1, -0.05) is 43.2 Å². The number of aryl methyl sites for hydroxylation is 1. The lowest BCUT2D eigenvalue weighted by molar-refractivity contribution is 0.0982. The summed E-state index contributed by atoms with van der Waals surface area (Å²) in [5.41, 5.74) is 3.37. The molecule has 4 aromatic rings. The zero-order chi connectivity index (χ0) is 24.3. The van der Waals surface area contributed by atoms with Gasteiger partial charge >= 0.3 is 0 Å². The highest BCUT2D eigenvalue weighted by Gasteiger charge is 2.17. The van der Waals surface area contributed by atoms with Crippen LogP contribution in [0.4, 0.5) is 0 Å². The van der Waals surface area contributed by atoms with Crippen molar-refractivity contribution in [2.75, 3.05) is 0 Å². The average Bonchev–Trinajstić information content (AvgIpc) is 3.43. The van der Waals surface area contributed by atoms with Gasteiger partial charge in [-0.15, -0.1) is 0 Å². The fourth-order valence-corrected chi connectivity index (χ4v) is 4.68. The molecule has 0 aliphatic heterocycles. The van der Waals surface area contributed by atoms with Crippen LogP contribution in [0.3, 0.4) is 0 Å². The van der Waals surface area contributed by atoms with Crippen molar-refractivity contribution in [2.24, 2.45) is 0 Å². The summed E-state index contributed by atoms with van der Waals surface area (Å²) in [5, 5.41) is 1.60. The molecule has 2 aromatic heterocycles. The monoisotopic (exact) mass is 497 g/mol. The van der Waals surface area contributed by atoms with Gasteiger partial charge in [0.15, 0.2) is 0 Å². The fourth-order valence-electron chi connectivity index (χ4n) is 3.61. The molecule has 34 heavy (non-hydrogen) atoms. The van der Waals surface area contributed by atoms with Crippen LogP contribution in [0, 0.1) is 6.92 Å². The van der Waals surface area contributed by atoms with Crippen molar-refractivity contribution in [3.8, 4) is 11.3 Å². The second-order valence-corrected chi connectivity index (χ2v) is 9.84. The standard InChI is InChI=1S/C25H24ClN3O4S/c1-3-4-5-13-34(31,32)28-25(30)19-10-11-22-23(15-19)29(17(2)27-22)16-20-9-8-18(14-21(20)26)24-7-6-12-33-24/h5-15H,3-4,16H2,1-2H3,(H,28,30)/b13-5+. The van der Waals surface area contributed by atoms with E-state index in [1.54, 1.807) is 24.5 Å². The van der Waals surface area contributed by atoms with Crippen LogP contribution in [0.5, 0.6) is 0 Å². The van der Waals surface area contributed by atoms with Gasteiger partial charge in [0.1, 0.15) is 11.6 Å². The molecule has 0 radical (unpaired) electrons. The lowest BCUT2D eigenvalue weighted by Gasteiger charge is -2.11. The van der Waals surface area contributed by atoms with Crippen LogP contribution in [-0.2, 0) is 16.6 Å². The van der Waals surface area contributed by atoms with Crippen LogP contribution in [0.15, 0.2) is 70.7 Å². The number of benzene rings is 2. The molecule has 0 fully saturated rings. The number of carbonyl (C=O) groups is 1. The van der Waals surface area contributed by atoms with Crippen molar-refractivity contribution >= 4 is 38.6 Å². The molecule has 7 nitrogen and oxygen atoms in total. The van der Waals surface area contributed by atoms with Gasteiger partial charge in [0.2, 0.25) is 0 Å². The molecule has 176 valence electrons. The summed E-state index contributed by atoms with van der Waals surface area (Å²) in [7, 11) is -3.86. The Kier molecular flexibility index (Phi) is 6.90. The van der Waals surface area contributed by atoms with E-state index in [4.69, 9.17) is 16.0 Å². The number of hydrogen-bond acceptors (Lipinski definition) is 5. The lowest BCUT2D eigenvalue weighted by Crippen LogP contribution is -2.28. The first-order valence-electron chi connectivity index (χ1n) is 10.8. The van der Waals surface area contributed by atoms with E-state index in [1.807, 2.05) is 48.7 Å². The predicted molar refractivity (Wildman–Crippen MR) is 133 cm³/mol. The number of carbonyl (C=O) groups excluding carboxylic acids is 1. The fraction of sp³-hybridized carbons (Fsp3) is 0.200. The summed E-state index contributed by atoms with van der Waals surface area (Å²) in [6, 6.07) is 14.3. The number of nitrogens with zero attached hydrogens (tertiary/aromatic N) is 2. The molecule has 2 heterocycles. The number of sulfonamides is 1. The third kappa shape index (κ3) is 5.24. The Balaban J connectivity index is 1.61. The summed E-state index contributed by atoms with van der Waals surface area (Å²) < 4.78 is 33.8. The maximum Gasteiger partial charge on any atom is 0.265 e. The Hall–Kier alpha value is -3.36. The van der Waals surface area contributed by atoms with Gasteiger partial charge in [0, 0.05) is 21.6 Å². The summed E-state index contributed by atoms with van der Waals surface area (Å²) in [6.45, 7) is 4.24. The molecule has 0 saturated heterocycles. The number of imidazole rings is 1. The van der Waals surface area contributed by atoms with Crippen LogP contribution in [0.1, 0.15) is 41.5 Å². The number of hydrogen-bond donors (Lipinski definition) is 1. The number of unbranched alkanes of at least 4 members (excludes halogenated alkanes) is 1. The van der Waals surface area contributed by atoms with Crippen molar-refractivity contribution in [3.63, 3.8) is 0 Å². The van der Waals surface area contributed by atoms with Gasteiger partial charge in [-0.2, -0.15) is 0 Å². The van der Waals surface area contributed by atoms with Crippen molar-refractivity contribution < 1.29 is 17.6 Å². The first-order valence-corrected chi connectivity index (χ1v) is 12.7. The molecule has 0 aliphatic rings. The van der Waals surface area contributed by atoms with Gasteiger partial charge in [0.05, 0.1) is 23.8 Å². The van der Waals surface area contributed by atoms with Crippen LogP contribution >= 0.6 is 11.6 Å². The predicted octanol–water partition coefficient (Wildman–Crippen LogP) is 5.68. The molecular formula is C25H24ClN3O4S. The van der Waals surface area contributed by atoms with Crippen LogP contribution < -0.4 is 4.72 Å². The van der Waals surface area contributed by atoms with Crippen LogP contribution in [0.25, 0.3) is 22.4 Å². The van der Waals surface area contributed by atoms with E-state index < -0.39 is 15.9 Å². The van der Waals surface area contributed by atoms with Crippen molar-refractivity contribution in [3.05, 3.63) is 88.3 Å². The highest BCUT2D eigenvalue weighted by Crippen LogP contribution is 2.28. The molecule has 4 rings (SSSR count). The largest absolute Gasteiger partial charge is 0.464 e. The molecular weight excluding hydrogens is 474 g/mol. The normalized spacial score (nSPS) is 12.0. The lowest BCUT2D eigenvalue weighted by atomic mass is 10.1. The van der Waals surface area contributed by atoms with E-state index in [0.29, 0.717) is 29.0 Å². The Labute approximate surface area is 203 Å². The first-order chi connectivity index (χ1) is 16.3. The van der Waals surface area contributed by atoms with E-state index in [2.05, 4.69) is 9.71 Å². The Bertz CT molecular complexity index is 1470. The molecule has 1 N–H and O–H groups in total. The average molecular weight is 498 g/mol. The maximum absolute atomic E-state index is 12.6. The number of furan rings is 1. The second-order valence-electron chi connectivity index (χ2n) is 7.87. The number of nitrogens with one attached hydrogen (secondary N) is 1. The second kappa shape index (κ2) is 9.87. The van der Waals surface area contributed by atoms with Crippen molar-refractivity contribution in [1.82, 2.24) is 14.3 Å². The summed E-state index contributed by atoms with van der Waals surface area (Å²) in [6.07, 6.45) is 4.57. The van der Waals surface area contributed by atoms with Crippen molar-refractivity contribution in [2.45, 2.75) is 33.2 Å². The molecule has 2 aromatic carbocycles. The zero-order valence-corrected chi connectivity index (χ0v) is 20.4. The molecule has 0 saturated carbocycles. The topological polar surface area (TPSA) is 94.2 Å². The molecule has 0 bridgehead atoms. The molecule has 1 amide bonds. The highest BCUT2D eigenvalue weighted by atomic mass is 35.5. The van der Waals surface area contributed by atoms with Gasteiger partial charge < -0.3 is 8.98 Å². The van der Waals surface area contributed by atoms with E-state index in [9.17, 15) is 13.2 Å². The Morgan fingerprint density at radius 2 is 2.03 bits per heavy atom. The minimum Gasteiger partial charge on any atom is -0.464 e. The van der Waals surface area contributed by atoms with Crippen LogP contribution in [-0.4, -0.2) is 23.9 Å². The van der Waals surface area contributed by atoms with Gasteiger partial charge in [-0.3, -0.25) is 4.79 Å². The van der Waals surface area contributed by atoms with E-state index >= 15 is 0 Å². The maximum atomic E-state index is 12.6. The molecule has 0 unspecified atom stereocenters. The number of aromatic nitrogens is 2. The summed E-state index contributed by atoms with van der Waals surface area (Å²) >= 11 is 6.56. The minimum absolute atomic E-state index is 0.223. The molecule has 0 atom stereocenters. The number of allylic oxidation sites excluding steroid dienone is 1. The third-order valence-corrected chi connectivity index (χ3v) is 6.73. The van der Waals surface area contributed by atoms with Crippen LogP contribution in [0.2, 0.25) is 5.02 Å². The molecule has 0 aliphatic carbocycles. The summed E-state index contributed by atoms with van der Waals surface area (Å²) in [5.74, 6) is 0.774. The SMILES string of the molecule is CCC/C=C/S(=O)(=O)NC(=O)c1ccc2nc(C)n(Cc3ccc(-c4ccco4)cc3Cl)c2c1. The van der Waals surface area contributed by atoms with Gasteiger partial charge in [-0.05, 0) is 55.3 Å². The number of rotatable bonds is 8. The van der Waals surface area contributed by atoms with E-state index in [-0.39, 0.29) is 5.56 Å². The quantitative estimate of drug-likeness (QED) is 0.338. The van der Waals surface area contributed by atoms with Gasteiger partial charge in [0.25, 0.3) is 15.9 Å².